The molecular weight excluding hydrogens is 274 g/mol. The number of benzene rings is 1. The molecule has 1 aromatic heterocycles. The van der Waals surface area contributed by atoms with E-state index in [1.807, 2.05) is 0 Å². The predicted octanol–water partition coefficient (Wildman–Crippen LogP) is 0.920. The van der Waals surface area contributed by atoms with Crippen LogP contribution in [0.25, 0.3) is 10.9 Å². The Labute approximate surface area is 121 Å². The number of aliphatic hydroxyl groups excluding tert-OH is 1. The highest BCUT2D eigenvalue weighted by atomic mass is 16.6. The summed E-state index contributed by atoms with van der Waals surface area (Å²) in [5, 5.41) is 26.7. The Morgan fingerprint density at radius 1 is 1.38 bits per heavy atom. The van der Waals surface area contributed by atoms with Gasteiger partial charge < -0.3 is 15.7 Å². The number of aliphatic hydroxyl groups is 1. The summed E-state index contributed by atoms with van der Waals surface area (Å²) in [6, 6.07) is 4.48. The standard InChI is InChI=1S/C13H17N5O3/c1-9(19)7-14-4-5-15-13-11-6-10(18(20)21)2-3-12(11)16-8-17-13/h2-3,6,8-9,14,19H,4-5,7H2,1H3,(H,15,16,17). The summed E-state index contributed by atoms with van der Waals surface area (Å²) in [4.78, 5) is 18.6. The lowest BCUT2D eigenvalue weighted by atomic mass is 10.2. The molecule has 0 amide bonds. The van der Waals surface area contributed by atoms with E-state index in [0.717, 1.165) is 0 Å². The third-order valence-corrected chi connectivity index (χ3v) is 2.86. The molecule has 2 aromatic rings. The van der Waals surface area contributed by atoms with Gasteiger partial charge in [-0.25, -0.2) is 9.97 Å². The van der Waals surface area contributed by atoms with Gasteiger partial charge in [0.1, 0.15) is 12.1 Å². The molecule has 0 aliphatic carbocycles. The number of nitro groups is 1. The van der Waals surface area contributed by atoms with Crippen molar-refractivity contribution < 1.29 is 10.0 Å². The van der Waals surface area contributed by atoms with Gasteiger partial charge in [-0.2, -0.15) is 0 Å². The Morgan fingerprint density at radius 3 is 2.90 bits per heavy atom. The number of fused-ring (bicyclic) bond motifs is 1. The molecule has 1 unspecified atom stereocenters. The topological polar surface area (TPSA) is 113 Å². The Hall–Kier alpha value is -2.32. The van der Waals surface area contributed by atoms with Crippen LogP contribution in [0.5, 0.6) is 0 Å². The molecule has 0 radical (unpaired) electrons. The number of nitrogens with one attached hydrogen (secondary N) is 2. The minimum Gasteiger partial charge on any atom is -0.392 e. The van der Waals surface area contributed by atoms with Crippen LogP contribution in [0.3, 0.4) is 0 Å². The lowest BCUT2D eigenvalue weighted by Crippen LogP contribution is -2.29. The highest BCUT2D eigenvalue weighted by Crippen LogP contribution is 2.23. The number of anilines is 1. The van der Waals surface area contributed by atoms with E-state index in [0.29, 0.717) is 36.4 Å². The fourth-order valence-electron chi connectivity index (χ4n) is 1.88. The Morgan fingerprint density at radius 2 is 2.19 bits per heavy atom. The van der Waals surface area contributed by atoms with Crippen molar-refractivity contribution in [2.75, 3.05) is 25.0 Å². The second-order valence-electron chi connectivity index (χ2n) is 4.66. The van der Waals surface area contributed by atoms with Gasteiger partial charge in [0, 0.05) is 37.2 Å². The maximum absolute atomic E-state index is 10.8. The van der Waals surface area contributed by atoms with Crippen molar-refractivity contribution in [3.63, 3.8) is 0 Å². The zero-order valence-corrected chi connectivity index (χ0v) is 11.6. The number of aromatic nitrogens is 2. The van der Waals surface area contributed by atoms with Crippen molar-refractivity contribution in [1.82, 2.24) is 15.3 Å². The average molecular weight is 291 g/mol. The third kappa shape index (κ3) is 4.07. The fourth-order valence-corrected chi connectivity index (χ4v) is 1.88. The first-order valence-corrected chi connectivity index (χ1v) is 6.59. The van der Waals surface area contributed by atoms with E-state index in [2.05, 4.69) is 20.6 Å². The molecule has 0 aliphatic heterocycles. The molecule has 0 bridgehead atoms. The van der Waals surface area contributed by atoms with Crippen LogP contribution in [0.1, 0.15) is 6.92 Å². The zero-order valence-electron chi connectivity index (χ0n) is 11.6. The number of hydrogen-bond acceptors (Lipinski definition) is 7. The van der Waals surface area contributed by atoms with E-state index in [9.17, 15) is 10.1 Å². The first-order chi connectivity index (χ1) is 10.1. The maximum Gasteiger partial charge on any atom is 0.270 e. The first-order valence-electron chi connectivity index (χ1n) is 6.59. The average Bonchev–Trinajstić information content (AvgIpc) is 2.46. The minimum atomic E-state index is -0.444. The van der Waals surface area contributed by atoms with Crippen LogP contribution < -0.4 is 10.6 Å². The summed E-state index contributed by atoms with van der Waals surface area (Å²) in [7, 11) is 0. The van der Waals surface area contributed by atoms with E-state index < -0.39 is 11.0 Å². The molecule has 8 nitrogen and oxygen atoms in total. The SMILES string of the molecule is CC(O)CNCCNc1ncnc2ccc([N+](=O)[O-])cc12. The highest BCUT2D eigenvalue weighted by molar-refractivity contribution is 5.90. The normalized spacial score (nSPS) is 12.3. The van der Waals surface area contributed by atoms with Crippen LogP contribution in [0.15, 0.2) is 24.5 Å². The molecule has 0 spiro atoms. The third-order valence-electron chi connectivity index (χ3n) is 2.86. The summed E-state index contributed by atoms with van der Waals surface area (Å²) in [5.74, 6) is 0.558. The van der Waals surface area contributed by atoms with Gasteiger partial charge in [-0.05, 0) is 13.0 Å². The molecule has 21 heavy (non-hydrogen) atoms. The minimum absolute atomic E-state index is 0.00702. The molecule has 3 N–H and O–H groups in total. The summed E-state index contributed by atoms with van der Waals surface area (Å²) >= 11 is 0. The molecule has 2 rings (SSSR count). The van der Waals surface area contributed by atoms with Crippen LogP contribution in [0.4, 0.5) is 11.5 Å². The number of rotatable bonds is 7. The smallest absolute Gasteiger partial charge is 0.270 e. The molecule has 112 valence electrons. The van der Waals surface area contributed by atoms with Gasteiger partial charge in [-0.3, -0.25) is 10.1 Å². The fraction of sp³-hybridized carbons (Fsp3) is 0.385. The maximum atomic E-state index is 10.8. The Kier molecular flexibility index (Phi) is 4.96. The van der Waals surface area contributed by atoms with E-state index >= 15 is 0 Å². The van der Waals surface area contributed by atoms with Crippen LogP contribution >= 0.6 is 0 Å². The van der Waals surface area contributed by atoms with Crippen molar-refractivity contribution in [2.24, 2.45) is 0 Å². The van der Waals surface area contributed by atoms with Gasteiger partial charge in [0.15, 0.2) is 0 Å². The van der Waals surface area contributed by atoms with E-state index in [-0.39, 0.29) is 5.69 Å². The second kappa shape index (κ2) is 6.91. The van der Waals surface area contributed by atoms with Crippen molar-refractivity contribution in [3.8, 4) is 0 Å². The van der Waals surface area contributed by atoms with Gasteiger partial charge in [-0.15, -0.1) is 0 Å². The molecule has 0 fully saturated rings. The van der Waals surface area contributed by atoms with Crippen LogP contribution in [0, 0.1) is 10.1 Å². The van der Waals surface area contributed by atoms with Crippen molar-refractivity contribution >= 4 is 22.4 Å². The largest absolute Gasteiger partial charge is 0.392 e. The lowest BCUT2D eigenvalue weighted by molar-refractivity contribution is -0.384. The van der Waals surface area contributed by atoms with Crippen molar-refractivity contribution in [1.29, 1.82) is 0 Å². The molecule has 0 aliphatic rings. The van der Waals surface area contributed by atoms with Crippen LogP contribution in [-0.2, 0) is 0 Å². The highest BCUT2D eigenvalue weighted by Gasteiger charge is 2.10. The summed E-state index contributed by atoms with van der Waals surface area (Å²) in [6.07, 6.45) is 1.02. The zero-order chi connectivity index (χ0) is 15.2. The second-order valence-corrected chi connectivity index (χ2v) is 4.66. The van der Waals surface area contributed by atoms with Crippen molar-refractivity contribution in [3.05, 3.63) is 34.6 Å². The molecule has 1 aromatic carbocycles. The Bertz CT molecular complexity index is 632. The monoisotopic (exact) mass is 291 g/mol. The van der Waals surface area contributed by atoms with Gasteiger partial charge in [0.2, 0.25) is 0 Å². The summed E-state index contributed by atoms with van der Waals surface area (Å²) < 4.78 is 0. The number of nitro benzene ring substituents is 1. The number of non-ortho nitro benzene ring substituents is 1. The molecule has 0 saturated carbocycles. The number of nitrogens with zero attached hydrogens (tertiary/aromatic N) is 3. The van der Waals surface area contributed by atoms with E-state index in [1.54, 1.807) is 13.0 Å². The van der Waals surface area contributed by atoms with E-state index in [4.69, 9.17) is 5.11 Å². The quantitative estimate of drug-likeness (QED) is 0.395. The first kappa shape index (κ1) is 15.1. The lowest BCUT2D eigenvalue weighted by Gasteiger charge is -2.10. The predicted molar refractivity (Wildman–Crippen MR) is 79.2 cm³/mol. The van der Waals surface area contributed by atoms with Gasteiger partial charge in [-0.1, -0.05) is 0 Å². The molecule has 0 saturated heterocycles. The van der Waals surface area contributed by atoms with Gasteiger partial charge in [0.05, 0.1) is 16.5 Å². The van der Waals surface area contributed by atoms with Crippen molar-refractivity contribution in [2.45, 2.75) is 13.0 Å². The summed E-state index contributed by atoms with van der Waals surface area (Å²) in [6.45, 7) is 3.45. The van der Waals surface area contributed by atoms with Gasteiger partial charge in [0.25, 0.3) is 5.69 Å². The summed E-state index contributed by atoms with van der Waals surface area (Å²) in [5.41, 5.74) is 0.655. The van der Waals surface area contributed by atoms with Gasteiger partial charge >= 0.3 is 0 Å². The number of hydrogen-bond donors (Lipinski definition) is 3. The van der Waals surface area contributed by atoms with Crippen LogP contribution in [0.2, 0.25) is 0 Å². The Balaban J connectivity index is 2.08. The molecule has 1 heterocycles. The molecular formula is C13H17N5O3. The van der Waals surface area contributed by atoms with Crippen LogP contribution in [-0.4, -0.2) is 45.7 Å². The van der Waals surface area contributed by atoms with E-state index in [1.165, 1.54) is 18.5 Å². The molecule has 1 atom stereocenters. The molecule has 8 heteroatoms.